The molecule has 0 unspecified atom stereocenters. The van der Waals surface area contributed by atoms with Gasteiger partial charge in [0.25, 0.3) is 11.8 Å². The molecule has 0 atom stereocenters. The van der Waals surface area contributed by atoms with Gasteiger partial charge in [-0.2, -0.15) is 13.9 Å². The van der Waals surface area contributed by atoms with E-state index in [0.717, 1.165) is 17.3 Å². The molecule has 0 bridgehead atoms. The molecule has 2 amide bonds. The number of carbonyl (C=O) groups excluding carboxylic acids is 2. The van der Waals surface area contributed by atoms with Crippen molar-refractivity contribution in [2.24, 2.45) is 0 Å². The Morgan fingerprint density at radius 1 is 0.848 bits per heavy atom. The molecule has 0 saturated carbocycles. The van der Waals surface area contributed by atoms with Crippen LogP contribution >= 0.6 is 0 Å². The lowest BCUT2D eigenvalue weighted by atomic mass is 10.1. The molecular weight excluding hydrogens is 430 g/mol. The predicted octanol–water partition coefficient (Wildman–Crippen LogP) is 4.22. The minimum atomic E-state index is -3.01. The molecule has 1 heterocycles. The molecule has 0 aliphatic heterocycles. The monoisotopic (exact) mass is 448 g/mol. The lowest BCUT2D eigenvalue weighted by Crippen LogP contribution is -2.41. The molecule has 4 aromatic rings. The zero-order chi connectivity index (χ0) is 23.2. The summed E-state index contributed by atoms with van der Waals surface area (Å²) in [5, 5.41) is 4.55. The van der Waals surface area contributed by atoms with Gasteiger partial charge in [0.15, 0.2) is 0 Å². The van der Waals surface area contributed by atoms with Crippen LogP contribution in [0.15, 0.2) is 91.1 Å². The first-order valence-corrected chi connectivity index (χ1v) is 9.87. The topological polar surface area (TPSA) is 85.3 Å². The normalized spacial score (nSPS) is 10.6. The molecule has 4 rings (SSSR count). The van der Waals surface area contributed by atoms with Crippen LogP contribution in [0, 0.1) is 0 Å². The summed E-state index contributed by atoms with van der Waals surface area (Å²) in [4.78, 5) is 25.3. The van der Waals surface area contributed by atoms with Crippen molar-refractivity contribution < 1.29 is 23.1 Å². The van der Waals surface area contributed by atoms with Crippen LogP contribution in [0.25, 0.3) is 16.9 Å². The van der Waals surface area contributed by atoms with Crippen LogP contribution in [-0.4, -0.2) is 28.2 Å². The van der Waals surface area contributed by atoms with E-state index in [1.807, 2.05) is 60.7 Å². The Hall–Kier alpha value is -4.53. The number of amides is 2. The van der Waals surface area contributed by atoms with Gasteiger partial charge < -0.3 is 4.74 Å². The van der Waals surface area contributed by atoms with Gasteiger partial charge in [-0.3, -0.25) is 20.4 Å². The number of rotatable bonds is 6. The van der Waals surface area contributed by atoms with Crippen LogP contribution in [0.3, 0.4) is 0 Å². The number of nitrogens with one attached hydrogen (secondary N) is 2. The van der Waals surface area contributed by atoms with E-state index in [0.29, 0.717) is 5.69 Å². The first-order valence-electron chi connectivity index (χ1n) is 9.87. The van der Waals surface area contributed by atoms with Crippen LogP contribution < -0.4 is 15.6 Å². The Bertz CT molecular complexity index is 1260. The van der Waals surface area contributed by atoms with Gasteiger partial charge in [-0.1, -0.05) is 54.6 Å². The van der Waals surface area contributed by atoms with Crippen molar-refractivity contribution >= 4 is 11.8 Å². The number of para-hydroxylation sites is 1. The first-order chi connectivity index (χ1) is 16.0. The second-order valence-electron chi connectivity index (χ2n) is 6.85. The van der Waals surface area contributed by atoms with Crippen molar-refractivity contribution in [3.05, 3.63) is 102 Å². The van der Waals surface area contributed by atoms with Crippen molar-refractivity contribution in [1.29, 1.82) is 0 Å². The molecule has 0 fully saturated rings. The number of hydrogen-bond acceptors (Lipinski definition) is 4. The number of nitrogens with zero attached hydrogens (tertiary/aromatic N) is 2. The molecule has 0 radical (unpaired) electrons. The van der Waals surface area contributed by atoms with Crippen LogP contribution in [0.4, 0.5) is 8.78 Å². The molecule has 0 aliphatic carbocycles. The van der Waals surface area contributed by atoms with E-state index < -0.39 is 18.4 Å². The van der Waals surface area contributed by atoms with Gasteiger partial charge in [-0.25, -0.2) is 4.68 Å². The maximum absolute atomic E-state index is 12.9. The fourth-order valence-corrected chi connectivity index (χ4v) is 3.13. The summed E-state index contributed by atoms with van der Waals surface area (Å²) >= 11 is 0. The standard InChI is InChI=1S/C24H18F2N4O3/c25-24(26)33-19-13-7-10-17(14-19)22(31)27-28-23(32)20-15-30(18-11-5-2-6-12-18)29-21(20)16-8-3-1-4-9-16/h1-15,24H,(H,27,31)(H,28,32). The Morgan fingerprint density at radius 2 is 1.52 bits per heavy atom. The highest BCUT2D eigenvalue weighted by Crippen LogP contribution is 2.23. The first kappa shape index (κ1) is 21.7. The average molecular weight is 448 g/mol. The van der Waals surface area contributed by atoms with Crippen molar-refractivity contribution in [3.63, 3.8) is 0 Å². The molecule has 3 aromatic carbocycles. The Kier molecular flexibility index (Phi) is 6.40. The summed E-state index contributed by atoms with van der Waals surface area (Å²) in [7, 11) is 0. The maximum atomic E-state index is 12.9. The van der Waals surface area contributed by atoms with Crippen LogP contribution in [-0.2, 0) is 0 Å². The number of hydrazine groups is 1. The van der Waals surface area contributed by atoms with Gasteiger partial charge in [0.2, 0.25) is 0 Å². The zero-order valence-electron chi connectivity index (χ0n) is 17.1. The van der Waals surface area contributed by atoms with Gasteiger partial charge >= 0.3 is 6.61 Å². The number of ether oxygens (including phenoxy) is 1. The minimum absolute atomic E-state index is 0.0386. The number of aromatic nitrogens is 2. The molecule has 7 nitrogen and oxygen atoms in total. The van der Waals surface area contributed by atoms with Gasteiger partial charge in [-0.05, 0) is 30.3 Å². The summed E-state index contributed by atoms with van der Waals surface area (Å²) in [6.45, 7) is -3.01. The fraction of sp³-hybridized carbons (Fsp3) is 0.0417. The van der Waals surface area contributed by atoms with E-state index in [1.165, 1.54) is 18.2 Å². The molecule has 33 heavy (non-hydrogen) atoms. The fourth-order valence-electron chi connectivity index (χ4n) is 3.13. The summed E-state index contributed by atoms with van der Waals surface area (Å²) in [6, 6.07) is 23.7. The molecular formula is C24H18F2N4O3. The second kappa shape index (κ2) is 9.73. The molecule has 0 aliphatic rings. The third-order valence-corrected chi connectivity index (χ3v) is 4.64. The molecule has 166 valence electrons. The average Bonchev–Trinajstić information content (AvgIpc) is 3.29. The summed E-state index contributed by atoms with van der Waals surface area (Å²) in [5.41, 5.74) is 6.82. The SMILES string of the molecule is O=C(NNC(=O)c1cn(-c2ccccc2)nc1-c1ccccc1)c1cccc(OC(F)F)c1. The molecule has 9 heteroatoms. The van der Waals surface area contributed by atoms with Crippen molar-refractivity contribution in [2.45, 2.75) is 6.61 Å². The van der Waals surface area contributed by atoms with Crippen molar-refractivity contribution in [3.8, 4) is 22.7 Å². The minimum Gasteiger partial charge on any atom is -0.435 e. The molecule has 1 aromatic heterocycles. The molecule has 2 N–H and O–H groups in total. The predicted molar refractivity (Wildman–Crippen MR) is 117 cm³/mol. The highest BCUT2D eigenvalue weighted by molar-refractivity contribution is 6.02. The van der Waals surface area contributed by atoms with E-state index >= 15 is 0 Å². The van der Waals surface area contributed by atoms with Gasteiger partial charge in [-0.15, -0.1) is 0 Å². The zero-order valence-corrected chi connectivity index (χ0v) is 17.1. The Labute approximate surface area is 187 Å². The summed E-state index contributed by atoms with van der Waals surface area (Å²) < 4.78 is 30.7. The second-order valence-corrected chi connectivity index (χ2v) is 6.85. The summed E-state index contributed by atoms with van der Waals surface area (Å²) in [5.74, 6) is -1.45. The van der Waals surface area contributed by atoms with E-state index in [4.69, 9.17) is 0 Å². The molecule has 0 spiro atoms. The number of benzene rings is 3. The third kappa shape index (κ3) is 5.21. The van der Waals surface area contributed by atoms with E-state index in [-0.39, 0.29) is 16.9 Å². The van der Waals surface area contributed by atoms with E-state index in [1.54, 1.807) is 10.9 Å². The van der Waals surface area contributed by atoms with Crippen molar-refractivity contribution in [1.82, 2.24) is 20.6 Å². The third-order valence-electron chi connectivity index (χ3n) is 4.64. The van der Waals surface area contributed by atoms with E-state index in [9.17, 15) is 18.4 Å². The van der Waals surface area contributed by atoms with Gasteiger partial charge in [0, 0.05) is 17.3 Å². The number of halogens is 2. The largest absolute Gasteiger partial charge is 0.435 e. The van der Waals surface area contributed by atoms with E-state index in [2.05, 4.69) is 20.7 Å². The highest BCUT2D eigenvalue weighted by atomic mass is 19.3. The number of alkyl halides is 2. The highest BCUT2D eigenvalue weighted by Gasteiger charge is 2.19. The summed E-state index contributed by atoms with van der Waals surface area (Å²) in [6.07, 6.45) is 1.57. The lowest BCUT2D eigenvalue weighted by Gasteiger charge is -2.09. The van der Waals surface area contributed by atoms with Crippen LogP contribution in [0.5, 0.6) is 5.75 Å². The quantitative estimate of drug-likeness (QED) is 0.433. The maximum Gasteiger partial charge on any atom is 0.387 e. The van der Waals surface area contributed by atoms with Crippen molar-refractivity contribution in [2.75, 3.05) is 0 Å². The Morgan fingerprint density at radius 3 is 2.21 bits per heavy atom. The molecule has 0 saturated heterocycles. The van der Waals surface area contributed by atoms with Gasteiger partial charge in [0.1, 0.15) is 11.4 Å². The lowest BCUT2D eigenvalue weighted by molar-refractivity contribution is -0.0498. The van der Waals surface area contributed by atoms with Gasteiger partial charge in [0.05, 0.1) is 11.3 Å². The number of carbonyl (C=O) groups is 2. The number of hydrogen-bond donors (Lipinski definition) is 2. The smallest absolute Gasteiger partial charge is 0.387 e. The van der Waals surface area contributed by atoms with Crippen LogP contribution in [0.2, 0.25) is 0 Å². The van der Waals surface area contributed by atoms with Crippen LogP contribution in [0.1, 0.15) is 20.7 Å². The Balaban J connectivity index is 1.55.